The van der Waals surface area contributed by atoms with Crippen molar-refractivity contribution in [2.45, 2.75) is 34.1 Å². The fraction of sp³-hybridized carbons (Fsp3) is 0.318. The molecular formula is C22H25N3O3. The third kappa shape index (κ3) is 4.22. The molecule has 0 aromatic heterocycles. The number of amides is 3. The van der Waals surface area contributed by atoms with Crippen molar-refractivity contribution in [3.05, 3.63) is 53.1 Å². The van der Waals surface area contributed by atoms with Crippen LogP contribution < -0.4 is 15.5 Å². The minimum Gasteiger partial charge on any atom is -0.326 e. The lowest BCUT2D eigenvalue weighted by atomic mass is 10.0. The van der Waals surface area contributed by atoms with Gasteiger partial charge in [-0.15, -0.1) is 0 Å². The van der Waals surface area contributed by atoms with Gasteiger partial charge in [0.15, 0.2) is 0 Å². The van der Waals surface area contributed by atoms with Crippen molar-refractivity contribution >= 4 is 34.8 Å². The zero-order chi connectivity index (χ0) is 20.4. The van der Waals surface area contributed by atoms with E-state index in [2.05, 4.69) is 10.6 Å². The lowest BCUT2D eigenvalue weighted by Crippen LogP contribution is -2.28. The van der Waals surface area contributed by atoms with E-state index in [0.29, 0.717) is 17.9 Å². The van der Waals surface area contributed by atoms with E-state index in [-0.39, 0.29) is 24.1 Å². The summed E-state index contributed by atoms with van der Waals surface area (Å²) in [5.41, 5.74) is 5.28. The maximum Gasteiger partial charge on any atom is 0.229 e. The summed E-state index contributed by atoms with van der Waals surface area (Å²) in [7, 11) is 0. The molecule has 6 heteroatoms. The fourth-order valence-corrected chi connectivity index (χ4v) is 3.69. The van der Waals surface area contributed by atoms with E-state index in [1.165, 1.54) is 6.92 Å². The Bertz CT molecular complexity index is 929. The van der Waals surface area contributed by atoms with Gasteiger partial charge in [-0.3, -0.25) is 14.4 Å². The van der Waals surface area contributed by atoms with Gasteiger partial charge in [0, 0.05) is 37.0 Å². The molecule has 2 aromatic carbocycles. The Morgan fingerprint density at radius 2 is 1.71 bits per heavy atom. The molecule has 0 radical (unpaired) electrons. The predicted molar refractivity (Wildman–Crippen MR) is 110 cm³/mol. The van der Waals surface area contributed by atoms with Gasteiger partial charge in [0.1, 0.15) is 0 Å². The molecule has 0 bridgehead atoms. The highest BCUT2D eigenvalue weighted by molar-refractivity contribution is 6.04. The van der Waals surface area contributed by atoms with Gasteiger partial charge >= 0.3 is 0 Å². The number of nitrogens with zero attached hydrogens (tertiary/aromatic N) is 1. The maximum absolute atomic E-state index is 12.8. The number of nitrogens with one attached hydrogen (secondary N) is 2. The van der Waals surface area contributed by atoms with Crippen LogP contribution in [0.15, 0.2) is 36.4 Å². The van der Waals surface area contributed by atoms with Crippen molar-refractivity contribution in [1.82, 2.24) is 0 Å². The largest absolute Gasteiger partial charge is 0.326 e. The van der Waals surface area contributed by atoms with Crippen LogP contribution in [0.4, 0.5) is 17.1 Å². The molecule has 28 heavy (non-hydrogen) atoms. The van der Waals surface area contributed by atoms with E-state index in [1.807, 2.05) is 32.9 Å². The smallest absolute Gasteiger partial charge is 0.229 e. The van der Waals surface area contributed by atoms with Crippen LogP contribution in [0.2, 0.25) is 0 Å². The average molecular weight is 379 g/mol. The minimum atomic E-state index is -0.419. The lowest BCUT2D eigenvalue weighted by Gasteiger charge is -2.18. The molecule has 1 aliphatic heterocycles. The number of anilines is 3. The number of hydrogen-bond acceptors (Lipinski definition) is 3. The van der Waals surface area contributed by atoms with Gasteiger partial charge in [-0.25, -0.2) is 0 Å². The number of carbonyl (C=O) groups is 3. The van der Waals surface area contributed by atoms with Gasteiger partial charge < -0.3 is 15.5 Å². The first-order valence-corrected chi connectivity index (χ1v) is 9.31. The molecule has 0 spiro atoms. The SMILES string of the molecule is CC(=O)Nc1cccc(N2C[C@H](C(=O)Nc3c(C)cc(C)cc3C)CC2=O)c1. The first kappa shape index (κ1) is 19.6. The molecule has 3 amide bonds. The Morgan fingerprint density at radius 1 is 1.04 bits per heavy atom. The second-order valence-corrected chi connectivity index (χ2v) is 7.40. The van der Waals surface area contributed by atoms with E-state index >= 15 is 0 Å². The molecule has 1 atom stereocenters. The Labute approximate surface area is 164 Å². The summed E-state index contributed by atoms with van der Waals surface area (Å²) < 4.78 is 0. The summed E-state index contributed by atoms with van der Waals surface area (Å²) in [6.07, 6.45) is 0.167. The van der Waals surface area contributed by atoms with Crippen LogP contribution in [0.25, 0.3) is 0 Å². The lowest BCUT2D eigenvalue weighted by molar-refractivity contribution is -0.122. The highest BCUT2D eigenvalue weighted by Gasteiger charge is 2.35. The van der Waals surface area contributed by atoms with E-state index in [1.54, 1.807) is 29.2 Å². The Balaban J connectivity index is 1.74. The first-order valence-electron chi connectivity index (χ1n) is 9.31. The van der Waals surface area contributed by atoms with Gasteiger partial charge in [0.2, 0.25) is 17.7 Å². The van der Waals surface area contributed by atoms with Crippen molar-refractivity contribution in [2.24, 2.45) is 5.92 Å². The normalized spacial score (nSPS) is 16.2. The zero-order valence-corrected chi connectivity index (χ0v) is 16.6. The van der Waals surface area contributed by atoms with Crippen molar-refractivity contribution < 1.29 is 14.4 Å². The second-order valence-electron chi connectivity index (χ2n) is 7.40. The van der Waals surface area contributed by atoms with Crippen molar-refractivity contribution in [3.63, 3.8) is 0 Å². The van der Waals surface area contributed by atoms with Gasteiger partial charge in [-0.1, -0.05) is 23.8 Å². The van der Waals surface area contributed by atoms with E-state index in [9.17, 15) is 14.4 Å². The van der Waals surface area contributed by atoms with Crippen molar-refractivity contribution in [1.29, 1.82) is 0 Å². The summed E-state index contributed by atoms with van der Waals surface area (Å²) in [5, 5.41) is 5.71. The summed E-state index contributed by atoms with van der Waals surface area (Å²) in [5.74, 6) is -0.843. The third-order valence-corrected chi connectivity index (χ3v) is 4.90. The first-order chi connectivity index (χ1) is 13.2. The van der Waals surface area contributed by atoms with Gasteiger partial charge in [-0.2, -0.15) is 0 Å². The molecule has 2 aromatic rings. The average Bonchev–Trinajstić information content (AvgIpc) is 2.99. The molecular weight excluding hydrogens is 354 g/mol. The highest BCUT2D eigenvalue weighted by Crippen LogP contribution is 2.29. The number of rotatable bonds is 4. The Hall–Kier alpha value is -3.15. The number of hydrogen-bond donors (Lipinski definition) is 2. The highest BCUT2D eigenvalue weighted by atomic mass is 16.2. The molecule has 1 heterocycles. The van der Waals surface area contributed by atoms with Crippen LogP contribution in [0.1, 0.15) is 30.0 Å². The quantitative estimate of drug-likeness (QED) is 0.853. The summed E-state index contributed by atoms with van der Waals surface area (Å²) in [6.45, 7) is 7.71. The minimum absolute atomic E-state index is 0.0996. The molecule has 146 valence electrons. The molecule has 1 fully saturated rings. The standard InChI is InChI=1S/C22H25N3O3/c1-13-8-14(2)21(15(3)9-13)24-22(28)17-10-20(27)25(12-17)19-7-5-6-18(11-19)23-16(4)26/h5-9,11,17H,10,12H2,1-4H3,(H,23,26)(H,24,28)/t17-/m1/s1. The molecule has 3 rings (SSSR count). The Morgan fingerprint density at radius 3 is 2.36 bits per heavy atom. The zero-order valence-electron chi connectivity index (χ0n) is 16.6. The van der Waals surface area contributed by atoms with Gasteiger partial charge in [-0.05, 0) is 50.1 Å². The van der Waals surface area contributed by atoms with Crippen LogP contribution in [-0.4, -0.2) is 24.3 Å². The monoisotopic (exact) mass is 379 g/mol. The van der Waals surface area contributed by atoms with E-state index < -0.39 is 5.92 Å². The third-order valence-electron chi connectivity index (χ3n) is 4.90. The number of aryl methyl sites for hydroxylation is 3. The fourth-order valence-electron chi connectivity index (χ4n) is 3.69. The molecule has 0 unspecified atom stereocenters. The molecule has 1 aliphatic rings. The van der Waals surface area contributed by atoms with E-state index in [0.717, 1.165) is 22.4 Å². The van der Waals surface area contributed by atoms with Crippen LogP contribution in [0, 0.1) is 26.7 Å². The predicted octanol–water partition coefficient (Wildman–Crippen LogP) is 3.56. The van der Waals surface area contributed by atoms with Crippen molar-refractivity contribution in [2.75, 3.05) is 22.1 Å². The Kier molecular flexibility index (Phi) is 5.49. The van der Waals surface area contributed by atoms with Crippen LogP contribution in [0.3, 0.4) is 0 Å². The molecule has 6 nitrogen and oxygen atoms in total. The van der Waals surface area contributed by atoms with Crippen LogP contribution in [-0.2, 0) is 14.4 Å². The molecule has 1 saturated heterocycles. The summed E-state index contributed by atoms with van der Waals surface area (Å²) in [4.78, 5) is 38.2. The van der Waals surface area contributed by atoms with Crippen molar-refractivity contribution in [3.8, 4) is 0 Å². The number of benzene rings is 2. The number of carbonyl (C=O) groups excluding carboxylic acids is 3. The van der Waals surface area contributed by atoms with Crippen LogP contribution >= 0.6 is 0 Å². The topological polar surface area (TPSA) is 78.5 Å². The van der Waals surface area contributed by atoms with Gasteiger partial charge in [0.25, 0.3) is 0 Å². The van der Waals surface area contributed by atoms with E-state index in [4.69, 9.17) is 0 Å². The maximum atomic E-state index is 12.8. The van der Waals surface area contributed by atoms with Crippen LogP contribution in [0.5, 0.6) is 0 Å². The summed E-state index contributed by atoms with van der Waals surface area (Å²) in [6, 6.07) is 11.1. The van der Waals surface area contributed by atoms with Gasteiger partial charge in [0.05, 0.1) is 5.92 Å². The molecule has 0 aliphatic carbocycles. The molecule has 2 N–H and O–H groups in total. The second kappa shape index (κ2) is 7.84. The molecule has 0 saturated carbocycles. The summed E-state index contributed by atoms with van der Waals surface area (Å²) >= 11 is 0.